The Balaban J connectivity index is 1.88. The Morgan fingerprint density at radius 1 is 1.00 bits per heavy atom. The summed E-state index contributed by atoms with van der Waals surface area (Å²) in [5, 5.41) is 15.5. The highest BCUT2D eigenvalue weighted by molar-refractivity contribution is 9.10. The van der Waals surface area contributed by atoms with Gasteiger partial charge in [0.1, 0.15) is 17.5 Å². The predicted octanol–water partition coefficient (Wildman–Crippen LogP) is 4.73. The molecule has 3 rings (SSSR count). The van der Waals surface area contributed by atoms with Gasteiger partial charge in [0.15, 0.2) is 0 Å². The van der Waals surface area contributed by atoms with Crippen LogP contribution in [0.25, 0.3) is 0 Å². The Bertz CT molecular complexity index is 930. The highest BCUT2D eigenvalue weighted by Crippen LogP contribution is 2.24. The van der Waals surface area contributed by atoms with E-state index in [4.69, 9.17) is 0 Å². The fourth-order valence-corrected chi connectivity index (χ4v) is 2.73. The number of carbonyl (C=O) groups is 1. The zero-order valence-electron chi connectivity index (χ0n) is 13.3. The van der Waals surface area contributed by atoms with Crippen LogP contribution in [-0.2, 0) is 0 Å². The van der Waals surface area contributed by atoms with Gasteiger partial charge in [0, 0.05) is 16.2 Å². The smallest absolute Gasteiger partial charge is 0.337 e. The van der Waals surface area contributed by atoms with E-state index >= 15 is 0 Å². The van der Waals surface area contributed by atoms with Gasteiger partial charge in [-0.3, -0.25) is 0 Å². The lowest BCUT2D eigenvalue weighted by Crippen LogP contribution is -2.05. The van der Waals surface area contributed by atoms with Gasteiger partial charge in [0.2, 0.25) is 0 Å². The third-order valence-corrected chi connectivity index (χ3v) is 3.85. The van der Waals surface area contributed by atoms with Gasteiger partial charge in [-0.15, -0.1) is 0 Å². The predicted molar refractivity (Wildman–Crippen MR) is 101 cm³/mol. The van der Waals surface area contributed by atoms with Crippen molar-refractivity contribution in [2.24, 2.45) is 0 Å². The van der Waals surface area contributed by atoms with E-state index < -0.39 is 5.97 Å². The molecule has 0 amide bonds. The molecule has 0 spiro atoms. The minimum absolute atomic E-state index is 0.181. The largest absolute Gasteiger partial charge is 0.478 e. The van der Waals surface area contributed by atoms with Gasteiger partial charge in [-0.2, -0.15) is 0 Å². The number of hydrogen-bond acceptors (Lipinski definition) is 5. The number of carboxylic acid groups (broad SMARTS) is 1. The van der Waals surface area contributed by atoms with Gasteiger partial charge in [-0.05, 0) is 37.3 Å². The molecule has 1 heterocycles. The van der Waals surface area contributed by atoms with E-state index in [9.17, 15) is 9.90 Å². The van der Waals surface area contributed by atoms with Crippen LogP contribution in [0.15, 0.2) is 59.1 Å². The summed E-state index contributed by atoms with van der Waals surface area (Å²) in [4.78, 5) is 20.0. The van der Waals surface area contributed by atoms with E-state index in [0.29, 0.717) is 23.1 Å². The molecule has 1 aromatic heterocycles. The first-order valence-corrected chi connectivity index (χ1v) is 8.28. The number of aromatic carboxylic acids is 1. The maximum Gasteiger partial charge on any atom is 0.337 e. The number of benzene rings is 2. The van der Waals surface area contributed by atoms with E-state index in [1.165, 1.54) is 0 Å². The molecular weight excluding hydrogens is 384 g/mol. The van der Waals surface area contributed by atoms with Gasteiger partial charge >= 0.3 is 5.97 Å². The molecule has 0 radical (unpaired) electrons. The van der Waals surface area contributed by atoms with Crippen molar-refractivity contribution in [2.75, 3.05) is 10.6 Å². The zero-order chi connectivity index (χ0) is 17.8. The van der Waals surface area contributed by atoms with Crippen LogP contribution in [0.5, 0.6) is 0 Å². The Hall–Kier alpha value is -2.93. The molecule has 0 bridgehead atoms. The van der Waals surface area contributed by atoms with Crippen molar-refractivity contribution < 1.29 is 9.90 Å². The maximum atomic E-state index is 11.3. The van der Waals surface area contributed by atoms with Gasteiger partial charge in [-0.25, -0.2) is 14.8 Å². The van der Waals surface area contributed by atoms with Gasteiger partial charge in [0.05, 0.1) is 11.3 Å². The molecule has 25 heavy (non-hydrogen) atoms. The van der Waals surface area contributed by atoms with Crippen molar-refractivity contribution in [1.82, 2.24) is 9.97 Å². The number of carboxylic acids is 1. The lowest BCUT2D eigenvalue weighted by Gasteiger charge is -2.12. The van der Waals surface area contributed by atoms with Crippen LogP contribution in [0.2, 0.25) is 0 Å². The van der Waals surface area contributed by atoms with Crippen molar-refractivity contribution >= 4 is 44.9 Å². The lowest BCUT2D eigenvalue weighted by molar-refractivity contribution is 0.0698. The van der Waals surface area contributed by atoms with Crippen LogP contribution in [0.4, 0.5) is 23.0 Å². The first kappa shape index (κ1) is 16.9. The fraction of sp³-hybridized carbons (Fsp3) is 0.0556. The molecule has 126 valence electrons. The van der Waals surface area contributed by atoms with Crippen LogP contribution in [0.1, 0.15) is 16.2 Å². The minimum Gasteiger partial charge on any atom is -0.478 e. The number of nitrogens with zero attached hydrogens (tertiary/aromatic N) is 2. The monoisotopic (exact) mass is 398 g/mol. The van der Waals surface area contributed by atoms with E-state index in [-0.39, 0.29) is 5.56 Å². The third-order valence-electron chi connectivity index (χ3n) is 3.36. The number of halogens is 1. The van der Waals surface area contributed by atoms with Crippen molar-refractivity contribution in [3.05, 3.63) is 70.5 Å². The number of hydrogen-bond donors (Lipinski definition) is 3. The first-order chi connectivity index (χ1) is 12.0. The van der Waals surface area contributed by atoms with Crippen LogP contribution < -0.4 is 10.6 Å². The summed E-state index contributed by atoms with van der Waals surface area (Å²) in [5.74, 6) is 0.691. The molecule has 7 heteroatoms. The van der Waals surface area contributed by atoms with E-state index in [1.54, 1.807) is 37.3 Å². The molecule has 0 fully saturated rings. The van der Waals surface area contributed by atoms with Crippen LogP contribution >= 0.6 is 15.9 Å². The summed E-state index contributed by atoms with van der Waals surface area (Å²) < 4.78 is 0.956. The summed E-state index contributed by atoms with van der Waals surface area (Å²) in [6, 6.07) is 16.1. The number of nitrogens with one attached hydrogen (secondary N) is 2. The zero-order valence-corrected chi connectivity index (χ0v) is 14.9. The summed E-state index contributed by atoms with van der Waals surface area (Å²) in [6.45, 7) is 1.78. The summed E-state index contributed by atoms with van der Waals surface area (Å²) in [5.41, 5.74) is 1.53. The number of para-hydroxylation sites is 1. The van der Waals surface area contributed by atoms with Gasteiger partial charge in [-0.1, -0.05) is 34.1 Å². The SMILES string of the molecule is Cc1nc(Nc2cccc(Br)c2)cc(Nc2ccccc2C(=O)O)n1. The fourth-order valence-electron chi connectivity index (χ4n) is 2.33. The Morgan fingerprint density at radius 3 is 2.44 bits per heavy atom. The first-order valence-electron chi connectivity index (χ1n) is 7.49. The maximum absolute atomic E-state index is 11.3. The Labute approximate surface area is 153 Å². The molecule has 0 saturated heterocycles. The van der Waals surface area contributed by atoms with Crippen LogP contribution in [-0.4, -0.2) is 21.0 Å². The molecule has 3 N–H and O–H groups in total. The van der Waals surface area contributed by atoms with Crippen molar-refractivity contribution in [1.29, 1.82) is 0 Å². The lowest BCUT2D eigenvalue weighted by atomic mass is 10.2. The molecule has 0 unspecified atom stereocenters. The molecule has 3 aromatic rings. The summed E-state index contributed by atoms with van der Waals surface area (Å²) in [7, 11) is 0. The summed E-state index contributed by atoms with van der Waals surface area (Å²) in [6.07, 6.45) is 0. The van der Waals surface area contributed by atoms with Crippen LogP contribution in [0.3, 0.4) is 0 Å². The normalized spacial score (nSPS) is 10.3. The standard InChI is InChI=1S/C18H15BrN4O2/c1-11-20-16(22-13-6-4-5-12(19)9-13)10-17(21-11)23-15-8-3-2-7-14(15)18(24)25/h2-10H,1H3,(H,24,25)(H2,20,21,22,23). The molecule has 6 nitrogen and oxygen atoms in total. The molecule has 0 saturated carbocycles. The number of anilines is 4. The number of aromatic nitrogens is 2. The Morgan fingerprint density at radius 2 is 1.72 bits per heavy atom. The topological polar surface area (TPSA) is 87.1 Å². The Kier molecular flexibility index (Phi) is 4.95. The van der Waals surface area contributed by atoms with Crippen molar-refractivity contribution in [3.63, 3.8) is 0 Å². The average molecular weight is 399 g/mol. The molecule has 0 aliphatic heterocycles. The van der Waals surface area contributed by atoms with Gasteiger partial charge < -0.3 is 15.7 Å². The second-order valence-corrected chi connectivity index (χ2v) is 6.21. The highest BCUT2D eigenvalue weighted by Gasteiger charge is 2.10. The van der Waals surface area contributed by atoms with E-state index in [0.717, 1.165) is 10.2 Å². The minimum atomic E-state index is -0.999. The van der Waals surface area contributed by atoms with Gasteiger partial charge in [0.25, 0.3) is 0 Å². The second kappa shape index (κ2) is 7.31. The average Bonchev–Trinajstić information content (AvgIpc) is 2.54. The number of aryl methyl sites for hydroxylation is 1. The van der Waals surface area contributed by atoms with Crippen molar-refractivity contribution in [2.45, 2.75) is 6.92 Å². The van der Waals surface area contributed by atoms with Crippen molar-refractivity contribution in [3.8, 4) is 0 Å². The number of rotatable bonds is 5. The quantitative estimate of drug-likeness (QED) is 0.575. The molecule has 0 atom stereocenters. The highest BCUT2D eigenvalue weighted by atomic mass is 79.9. The van der Waals surface area contributed by atoms with Crippen LogP contribution in [0, 0.1) is 6.92 Å². The molecule has 0 aliphatic carbocycles. The summed E-state index contributed by atoms with van der Waals surface area (Å²) >= 11 is 3.43. The molecule has 2 aromatic carbocycles. The molecule has 0 aliphatic rings. The molecular formula is C18H15BrN4O2. The second-order valence-electron chi connectivity index (χ2n) is 5.30. The van der Waals surface area contributed by atoms with E-state index in [2.05, 4.69) is 36.5 Å². The third kappa shape index (κ3) is 4.33. The van der Waals surface area contributed by atoms with E-state index in [1.807, 2.05) is 24.3 Å².